The number of halogens is 1. The second-order valence-electron chi connectivity index (χ2n) is 4.77. The number of carbonyl (C=O) groups excluding carboxylic acids is 1. The standard InChI is InChI=1S/C15H13FN2O2/c16-13-7-3-6-11(17-13)15(20)18-14-10-5-2-1-4-9(10)8-12(14)19/h1-7,12,14,19H,8H2,(H,18,20)/t12-,14+/m1/s1. The molecule has 1 aromatic heterocycles. The molecule has 0 saturated carbocycles. The van der Waals surface area contributed by atoms with E-state index in [0.29, 0.717) is 6.42 Å². The van der Waals surface area contributed by atoms with Crippen LogP contribution in [-0.2, 0) is 6.42 Å². The van der Waals surface area contributed by atoms with E-state index in [1.54, 1.807) is 0 Å². The van der Waals surface area contributed by atoms with Crippen LogP contribution in [0.1, 0.15) is 27.7 Å². The lowest BCUT2D eigenvalue weighted by atomic mass is 10.1. The van der Waals surface area contributed by atoms with E-state index < -0.39 is 24.0 Å². The molecule has 0 saturated heterocycles. The van der Waals surface area contributed by atoms with Crippen LogP contribution in [0.2, 0.25) is 0 Å². The van der Waals surface area contributed by atoms with E-state index in [4.69, 9.17) is 0 Å². The molecule has 20 heavy (non-hydrogen) atoms. The fourth-order valence-electron chi connectivity index (χ4n) is 2.50. The number of hydrogen-bond donors (Lipinski definition) is 2. The number of benzene rings is 1. The zero-order valence-electron chi connectivity index (χ0n) is 10.6. The predicted molar refractivity (Wildman–Crippen MR) is 70.6 cm³/mol. The Morgan fingerprint density at radius 3 is 2.85 bits per heavy atom. The van der Waals surface area contributed by atoms with Crippen molar-refractivity contribution >= 4 is 5.91 Å². The van der Waals surface area contributed by atoms with Gasteiger partial charge in [0.05, 0.1) is 12.1 Å². The van der Waals surface area contributed by atoms with Gasteiger partial charge in [0, 0.05) is 6.42 Å². The summed E-state index contributed by atoms with van der Waals surface area (Å²) in [6.45, 7) is 0. The molecule has 1 aliphatic rings. The summed E-state index contributed by atoms with van der Waals surface area (Å²) >= 11 is 0. The minimum Gasteiger partial charge on any atom is -0.390 e. The number of hydrogen-bond acceptors (Lipinski definition) is 3. The minimum atomic E-state index is -0.704. The molecular formula is C15H13FN2O2. The molecule has 102 valence electrons. The number of carbonyl (C=O) groups is 1. The van der Waals surface area contributed by atoms with Gasteiger partial charge in [-0.05, 0) is 23.3 Å². The Labute approximate surface area is 115 Å². The van der Waals surface area contributed by atoms with E-state index in [0.717, 1.165) is 11.1 Å². The van der Waals surface area contributed by atoms with Gasteiger partial charge in [-0.15, -0.1) is 0 Å². The minimum absolute atomic E-state index is 0.00146. The molecule has 2 aromatic rings. The van der Waals surface area contributed by atoms with E-state index >= 15 is 0 Å². The quantitative estimate of drug-likeness (QED) is 0.816. The smallest absolute Gasteiger partial charge is 0.270 e. The van der Waals surface area contributed by atoms with E-state index in [1.165, 1.54) is 18.2 Å². The molecule has 0 spiro atoms. The number of nitrogens with one attached hydrogen (secondary N) is 1. The van der Waals surface area contributed by atoms with Crippen LogP contribution in [-0.4, -0.2) is 22.1 Å². The summed E-state index contributed by atoms with van der Waals surface area (Å²) in [5.41, 5.74) is 1.91. The predicted octanol–water partition coefficient (Wildman–Crippen LogP) is 1.61. The zero-order chi connectivity index (χ0) is 14.1. The van der Waals surface area contributed by atoms with Crippen molar-refractivity contribution in [3.8, 4) is 0 Å². The maximum atomic E-state index is 13.0. The maximum absolute atomic E-state index is 13.0. The number of rotatable bonds is 2. The Morgan fingerprint density at radius 1 is 1.25 bits per heavy atom. The summed E-state index contributed by atoms with van der Waals surface area (Å²) in [6.07, 6.45) is -0.178. The third-order valence-corrected chi connectivity index (χ3v) is 3.44. The normalized spacial score (nSPS) is 20.5. The van der Waals surface area contributed by atoms with E-state index in [-0.39, 0.29) is 5.69 Å². The molecule has 1 aliphatic carbocycles. The van der Waals surface area contributed by atoms with Gasteiger partial charge in [-0.2, -0.15) is 4.39 Å². The summed E-state index contributed by atoms with van der Waals surface area (Å²) < 4.78 is 13.0. The third-order valence-electron chi connectivity index (χ3n) is 3.44. The molecule has 0 radical (unpaired) electrons. The van der Waals surface area contributed by atoms with Crippen molar-refractivity contribution in [3.05, 3.63) is 65.2 Å². The summed E-state index contributed by atoms with van der Waals surface area (Å²) in [6, 6.07) is 11.1. The number of amides is 1. The Balaban J connectivity index is 1.83. The Bertz CT molecular complexity index is 660. The van der Waals surface area contributed by atoms with Gasteiger partial charge in [-0.3, -0.25) is 4.79 Å². The van der Waals surface area contributed by atoms with Gasteiger partial charge in [-0.1, -0.05) is 30.3 Å². The first-order chi connectivity index (χ1) is 9.65. The third kappa shape index (κ3) is 2.28. The molecule has 1 heterocycles. The largest absolute Gasteiger partial charge is 0.390 e. The van der Waals surface area contributed by atoms with Crippen LogP contribution < -0.4 is 5.32 Å². The lowest BCUT2D eigenvalue weighted by molar-refractivity contribution is 0.0852. The molecule has 1 amide bonds. The van der Waals surface area contributed by atoms with Crippen LogP contribution in [0.15, 0.2) is 42.5 Å². The number of pyridine rings is 1. The highest BCUT2D eigenvalue weighted by molar-refractivity contribution is 5.92. The van der Waals surface area contributed by atoms with Crippen molar-refractivity contribution in [2.45, 2.75) is 18.6 Å². The second kappa shape index (κ2) is 5.02. The first kappa shape index (κ1) is 12.7. The average molecular weight is 272 g/mol. The number of fused-ring (bicyclic) bond motifs is 1. The van der Waals surface area contributed by atoms with E-state index in [2.05, 4.69) is 10.3 Å². The fourth-order valence-corrected chi connectivity index (χ4v) is 2.50. The first-order valence-electron chi connectivity index (χ1n) is 6.34. The number of aromatic nitrogens is 1. The summed E-state index contributed by atoms with van der Waals surface area (Å²) in [5.74, 6) is -1.20. The van der Waals surface area contributed by atoms with Gasteiger partial charge in [0.2, 0.25) is 5.95 Å². The van der Waals surface area contributed by atoms with Crippen molar-refractivity contribution in [1.29, 1.82) is 0 Å². The van der Waals surface area contributed by atoms with Crippen LogP contribution in [0.3, 0.4) is 0 Å². The Kier molecular flexibility index (Phi) is 3.20. The van der Waals surface area contributed by atoms with Gasteiger partial charge < -0.3 is 10.4 Å². The summed E-state index contributed by atoms with van der Waals surface area (Å²) in [5, 5.41) is 12.8. The molecular weight excluding hydrogens is 259 g/mol. The van der Waals surface area contributed by atoms with Crippen molar-refractivity contribution in [3.63, 3.8) is 0 Å². The Morgan fingerprint density at radius 2 is 2.05 bits per heavy atom. The topological polar surface area (TPSA) is 62.2 Å². The Hall–Kier alpha value is -2.27. The van der Waals surface area contributed by atoms with Gasteiger partial charge in [0.15, 0.2) is 0 Å². The van der Waals surface area contributed by atoms with Crippen molar-refractivity contribution in [1.82, 2.24) is 10.3 Å². The molecule has 2 atom stereocenters. The van der Waals surface area contributed by atoms with Crippen LogP contribution in [0.5, 0.6) is 0 Å². The maximum Gasteiger partial charge on any atom is 0.270 e. The lowest BCUT2D eigenvalue weighted by Gasteiger charge is -2.17. The van der Waals surface area contributed by atoms with Gasteiger partial charge in [0.25, 0.3) is 5.91 Å². The highest BCUT2D eigenvalue weighted by Crippen LogP contribution is 2.31. The molecule has 4 nitrogen and oxygen atoms in total. The van der Waals surface area contributed by atoms with Crippen LogP contribution in [0.4, 0.5) is 4.39 Å². The average Bonchev–Trinajstić information content (AvgIpc) is 2.75. The fraction of sp³-hybridized carbons (Fsp3) is 0.200. The lowest BCUT2D eigenvalue weighted by Crippen LogP contribution is -2.34. The first-order valence-corrected chi connectivity index (χ1v) is 6.34. The molecule has 0 fully saturated rings. The zero-order valence-corrected chi connectivity index (χ0v) is 10.6. The van der Waals surface area contributed by atoms with Crippen molar-refractivity contribution < 1.29 is 14.3 Å². The summed E-state index contributed by atoms with van der Waals surface area (Å²) in [4.78, 5) is 15.6. The van der Waals surface area contributed by atoms with Crippen LogP contribution in [0, 0.1) is 5.95 Å². The molecule has 5 heteroatoms. The molecule has 0 bridgehead atoms. The van der Waals surface area contributed by atoms with E-state index in [1.807, 2.05) is 24.3 Å². The number of nitrogens with zero attached hydrogens (tertiary/aromatic N) is 1. The molecule has 1 aromatic carbocycles. The highest BCUT2D eigenvalue weighted by atomic mass is 19.1. The van der Waals surface area contributed by atoms with Gasteiger partial charge in [0.1, 0.15) is 5.69 Å². The molecule has 2 N–H and O–H groups in total. The SMILES string of the molecule is O=C(N[C@H]1c2ccccc2C[C@H]1O)c1cccc(F)n1. The van der Waals surface area contributed by atoms with Crippen LogP contribution in [0.25, 0.3) is 0 Å². The number of aliphatic hydroxyl groups excluding tert-OH is 1. The highest BCUT2D eigenvalue weighted by Gasteiger charge is 2.32. The molecule has 0 aliphatic heterocycles. The van der Waals surface area contributed by atoms with E-state index in [9.17, 15) is 14.3 Å². The van der Waals surface area contributed by atoms with Crippen LogP contribution >= 0.6 is 0 Å². The van der Waals surface area contributed by atoms with Crippen molar-refractivity contribution in [2.75, 3.05) is 0 Å². The monoisotopic (exact) mass is 272 g/mol. The molecule has 3 rings (SSSR count). The number of aliphatic hydroxyl groups is 1. The van der Waals surface area contributed by atoms with Crippen molar-refractivity contribution in [2.24, 2.45) is 0 Å². The second-order valence-corrected chi connectivity index (χ2v) is 4.77. The molecule has 0 unspecified atom stereocenters. The van der Waals surface area contributed by atoms with Gasteiger partial charge >= 0.3 is 0 Å². The van der Waals surface area contributed by atoms with Gasteiger partial charge in [-0.25, -0.2) is 4.98 Å². The summed E-state index contributed by atoms with van der Waals surface area (Å²) in [7, 11) is 0.